The number of anilines is 4. The Balaban J connectivity index is 0.000000162. The lowest BCUT2D eigenvalue weighted by atomic mass is 10.2. The van der Waals surface area contributed by atoms with Crippen LogP contribution in [0.15, 0.2) is 98.7 Å². The molecule has 0 aliphatic heterocycles. The lowest BCUT2D eigenvalue weighted by molar-refractivity contribution is 0.917. The third-order valence-corrected chi connectivity index (χ3v) is 8.65. The summed E-state index contributed by atoms with van der Waals surface area (Å²) in [4.78, 5) is 29.6. The van der Waals surface area contributed by atoms with Gasteiger partial charge in [0.05, 0.1) is 17.6 Å². The Labute approximate surface area is 290 Å². The number of nitrogens with two attached hydrogens (primary N) is 1. The monoisotopic (exact) mass is 779 g/mol. The predicted molar refractivity (Wildman–Crippen MR) is 193 cm³/mol. The Morgan fingerprint density at radius 3 is 1.98 bits per heavy atom. The van der Waals surface area contributed by atoms with Crippen LogP contribution in [-0.2, 0) is 6.54 Å². The number of hydrogen-bond acceptors (Lipinski definition) is 8. The molecule has 0 aliphatic carbocycles. The second-order valence-corrected chi connectivity index (χ2v) is 12.9. The van der Waals surface area contributed by atoms with Gasteiger partial charge in [-0.25, -0.2) is 24.3 Å². The van der Waals surface area contributed by atoms with Gasteiger partial charge < -0.3 is 15.5 Å². The number of rotatable bonds is 5. The quantitative estimate of drug-likeness (QED) is 0.180. The molecule has 3 aromatic heterocycles. The highest BCUT2D eigenvalue weighted by molar-refractivity contribution is 9.10. The van der Waals surface area contributed by atoms with Crippen molar-refractivity contribution in [1.82, 2.24) is 29.5 Å². The van der Waals surface area contributed by atoms with Crippen LogP contribution in [0.3, 0.4) is 0 Å². The van der Waals surface area contributed by atoms with Gasteiger partial charge in [0.25, 0.3) is 5.78 Å². The largest absolute Gasteiger partial charge is 0.349 e. The average Bonchev–Trinajstić information content (AvgIpc) is 3.43. The van der Waals surface area contributed by atoms with E-state index in [4.69, 9.17) is 28.9 Å². The van der Waals surface area contributed by atoms with E-state index in [1.165, 1.54) is 4.40 Å². The van der Waals surface area contributed by atoms with E-state index < -0.39 is 0 Å². The normalized spacial score (nSPS) is 11.1. The number of hydrogen-bond donors (Lipinski definition) is 2. The summed E-state index contributed by atoms with van der Waals surface area (Å²) in [5, 5.41) is 9.34. The average molecular weight is 782 g/mol. The first kappa shape index (κ1) is 31.9. The van der Waals surface area contributed by atoms with E-state index in [-0.39, 0.29) is 12.2 Å². The molecule has 0 fully saturated rings. The van der Waals surface area contributed by atoms with Crippen molar-refractivity contribution in [2.75, 3.05) is 23.9 Å². The molecular weight excluding hydrogens is 757 g/mol. The molecule has 0 saturated heterocycles. The van der Waals surface area contributed by atoms with Gasteiger partial charge in [0, 0.05) is 55.2 Å². The van der Waals surface area contributed by atoms with Gasteiger partial charge in [-0.15, -0.1) is 5.10 Å². The summed E-state index contributed by atoms with van der Waals surface area (Å²) in [6.45, 7) is 0.280. The molecule has 14 heteroatoms. The number of H-pyrrole nitrogens is 1. The van der Waals surface area contributed by atoms with E-state index in [1.54, 1.807) is 12.1 Å². The fraction of sp³-hybridized carbons (Fsp3) is 0.0938. The van der Waals surface area contributed by atoms with Gasteiger partial charge >= 0.3 is 5.69 Å². The molecule has 0 bridgehead atoms. The van der Waals surface area contributed by atoms with Crippen molar-refractivity contribution in [3.63, 3.8) is 0 Å². The van der Waals surface area contributed by atoms with E-state index in [0.29, 0.717) is 33.0 Å². The second-order valence-electron chi connectivity index (χ2n) is 10.2. The van der Waals surface area contributed by atoms with Crippen molar-refractivity contribution in [1.29, 1.82) is 0 Å². The number of nitrogens with zero attached hydrogens (tertiary/aromatic N) is 7. The van der Waals surface area contributed by atoms with Crippen LogP contribution >= 0.6 is 55.1 Å². The summed E-state index contributed by atoms with van der Waals surface area (Å²) in [6.07, 6.45) is 0. The van der Waals surface area contributed by atoms with Gasteiger partial charge in [0.15, 0.2) is 0 Å². The fourth-order valence-electron chi connectivity index (χ4n) is 4.96. The molecular formula is C32H25Br2Cl2N9O. The first-order valence-electron chi connectivity index (χ1n) is 13.8. The lowest BCUT2D eigenvalue weighted by Crippen LogP contribution is -2.15. The summed E-state index contributed by atoms with van der Waals surface area (Å²) in [5.74, 6) is 2.38. The predicted octanol–water partition coefficient (Wildman–Crippen LogP) is 8.03. The minimum atomic E-state index is -0.346. The van der Waals surface area contributed by atoms with Crippen LogP contribution in [0, 0.1) is 0 Å². The van der Waals surface area contributed by atoms with Crippen molar-refractivity contribution >= 4 is 106 Å². The van der Waals surface area contributed by atoms with Gasteiger partial charge in [-0.2, -0.15) is 4.98 Å². The van der Waals surface area contributed by atoms with E-state index in [1.807, 2.05) is 96.7 Å². The van der Waals surface area contributed by atoms with Crippen LogP contribution in [0.5, 0.6) is 0 Å². The van der Waals surface area contributed by atoms with Crippen molar-refractivity contribution in [2.45, 2.75) is 6.54 Å². The van der Waals surface area contributed by atoms with Crippen molar-refractivity contribution < 1.29 is 0 Å². The zero-order valence-corrected chi connectivity index (χ0v) is 29.1. The summed E-state index contributed by atoms with van der Waals surface area (Å²) >= 11 is 19.2. The molecule has 0 amide bonds. The van der Waals surface area contributed by atoms with Gasteiger partial charge in [0.1, 0.15) is 17.5 Å². The van der Waals surface area contributed by atoms with Gasteiger partial charge in [-0.1, -0.05) is 67.2 Å². The van der Waals surface area contributed by atoms with Crippen LogP contribution in [0.1, 0.15) is 5.82 Å². The van der Waals surface area contributed by atoms with Gasteiger partial charge in [0.2, 0.25) is 0 Å². The Bertz CT molecular complexity index is 2290. The Morgan fingerprint density at radius 2 is 1.37 bits per heavy atom. The SMILES string of the molecule is CN(c1cccc(Br)c1)c1nc(CN)nc2cc(Cl)ccc12.CN(c1cccc(Br)c1)c1nc2n[nH]c(=O)n2c2cc(Cl)ccc12. The van der Waals surface area contributed by atoms with Gasteiger partial charge in [-0.3, -0.25) is 0 Å². The van der Waals surface area contributed by atoms with E-state index in [2.05, 4.69) is 57.0 Å². The highest BCUT2D eigenvalue weighted by Gasteiger charge is 2.17. The van der Waals surface area contributed by atoms with E-state index in [0.717, 1.165) is 42.4 Å². The molecule has 0 saturated carbocycles. The topological polar surface area (TPSA) is 121 Å². The molecule has 7 aromatic rings. The molecule has 0 aliphatic rings. The van der Waals surface area contributed by atoms with Crippen LogP contribution in [0.2, 0.25) is 10.0 Å². The Hall–Kier alpha value is -4.07. The zero-order valence-electron chi connectivity index (χ0n) is 24.4. The fourth-order valence-corrected chi connectivity index (χ4v) is 6.07. The number of benzene rings is 4. The number of nitrogens with one attached hydrogen (secondary N) is 1. The van der Waals surface area contributed by atoms with Gasteiger partial charge in [-0.05, 0) is 72.8 Å². The standard InChI is InChI=1S/C16H11BrClN5O.C16H14BrClN4/c1-22(11-4-2-3-9(17)7-11)14-12-6-5-10(18)8-13(12)23-15(19-14)20-21-16(23)24;1-22(12-4-2-3-10(17)7-12)16-13-6-5-11(18)8-14(13)20-15(9-19)21-16/h2-8H,1H3,(H,21,24);2-8H,9,19H2,1H3. The maximum atomic E-state index is 12.0. The maximum Gasteiger partial charge on any atom is 0.349 e. The van der Waals surface area contributed by atoms with Crippen LogP contribution in [0.25, 0.3) is 27.6 Å². The second kappa shape index (κ2) is 13.3. The molecule has 0 unspecified atom stereocenters. The molecule has 0 atom stereocenters. The third-order valence-electron chi connectivity index (χ3n) is 7.20. The first-order chi connectivity index (χ1) is 22.1. The molecule has 0 spiro atoms. The number of aromatic nitrogens is 6. The number of aromatic amines is 1. The Kier molecular flexibility index (Phi) is 9.25. The highest BCUT2D eigenvalue weighted by atomic mass is 79.9. The lowest BCUT2D eigenvalue weighted by Gasteiger charge is -2.21. The molecule has 7 rings (SSSR count). The van der Waals surface area contributed by atoms with Crippen molar-refractivity contribution in [2.24, 2.45) is 5.73 Å². The highest BCUT2D eigenvalue weighted by Crippen LogP contribution is 2.33. The zero-order chi connectivity index (χ0) is 32.5. The summed E-state index contributed by atoms with van der Waals surface area (Å²) < 4.78 is 3.40. The first-order valence-corrected chi connectivity index (χ1v) is 16.2. The molecule has 3 N–H and O–H groups in total. The summed E-state index contributed by atoms with van der Waals surface area (Å²) in [6, 6.07) is 26.9. The number of fused-ring (bicyclic) bond motifs is 4. The molecule has 0 radical (unpaired) electrons. The van der Waals surface area contributed by atoms with Crippen molar-refractivity contribution in [3.8, 4) is 0 Å². The molecule has 46 heavy (non-hydrogen) atoms. The Morgan fingerprint density at radius 1 is 0.783 bits per heavy atom. The van der Waals surface area contributed by atoms with E-state index >= 15 is 0 Å². The van der Waals surface area contributed by atoms with E-state index in [9.17, 15) is 4.79 Å². The summed E-state index contributed by atoms with van der Waals surface area (Å²) in [7, 11) is 3.89. The molecule has 3 heterocycles. The van der Waals surface area contributed by atoms with Crippen LogP contribution in [0.4, 0.5) is 23.0 Å². The minimum Gasteiger partial charge on any atom is -0.329 e. The van der Waals surface area contributed by atoms with Crippen LogP contribution in [-0.4, -0.2) is 43.6 Å². The molecule has 4 aromatic carbocycles. The smallest absolute Gasteiger partial charge is 0.329 e. The minimum absolute atomic E-state index is 0.280. The maximum absolute atomic E-state index is 12.0. The molecule has 232 valence electrons. The molecule has 10 nitrogen and oxygen atoms in total. The van der Waals surface area contributed by atoms with Crippen LogP contribution < -0.4 is 21.2 Å². The number of halogens is 4. The summed E-state index contributed by atoms with van der Waals surface area (Å²) in [5.41, 5.74) is 8.80. The third kappa shape index (κ3) is 6.44. The van der Waals surface area contributed by atoms with Crippen molar-refractivity contribution in [3.05, 3.63) is 120 Å².